The molecule has 1 fully saturated rings. The summed E-state index contributed by atoms with van der Waals surface area (Å²) in [5, 5.41) is 9.78. The number of carboxylic acid groups (broad SMARTS) is 1. The molecule has 1 aromatic carbocycles. The molecule has 0 radical (unpaired) electrons. The summed E-state index contributed by atoms with van der Waals surface area (Å²) in [4.78, 5) is 27.0. The summed E-state index contributed by atoms with van der Waals surface area (Å²) in [6, 6.07) is 7.73. The zero-order chi connectivity index (χ0) is 20.4. The highest BCUT2D eigenvalue weighted by molar-refractivity contribution is 14.1. The maximum atomic E-state index is 13.3. The van der Waals surface area contributed by atoms with Gasteiger partial charge in [0.2, 0.25) is 5.91 Å². The minimum absolute atomic E-state index is 0.0260. The van der Waals surface area contributed by atoms with Crippen LogP contribution in [0.4, 0.5) is 5.69 Å². The fourth-order valence-corrected chi connectivity index (χ4v) is 4.28. The normalized spacial score (nSPS) is 19.6. The molecule has 150 valence electrons. The zero-order valence-corrected chi connectivity index (χ0v) is 18.7. The highest BCUT2D eigenvalue weighted by Gasteiger charge is 2.33. The van der Waals surface area contributed by atoms with Gasteiger partial charge in [-0.3, -0.25) is 4.79 Å². The molecule has 3 rings (SSSR count). The van der Waals surface area contributed by atoms with Gasteiger partial charge in [0.05, 0.1) is 5.69 Å². The van der Waals surface area contributed by atoms with Crippen molar-refractivity contribution in [3.05, 3.63) is 45.8 Å². The Morgan fingerprint density at radius 1 is 1.11 bits per heavy atom. The second kappa shape index (κ2) is 8.68. The minimum Gasteiger partial charge on any atom is -0.478 e. The minimum atomic E-state index is -1.02. The molecule has 28 heavy (non-hydrogen) atoms. The molecule has 1 amide bonds. The summed E-state index contributed by atoms with van der Waals surface area (Å²) in [5.74, 6) is -0.338. The first-order valence-electron chi connectivity index (χ1n) is 9.82. The van der Waals surface area contributed by atoms with E-state index in [1.54, 1.807) is 21.9 Å². The van der Waals surface area contributed by atoms with Crippen LogP contribution in [0.15, 0.2) is 36.7 Å². The number of nitrogens with zero attached hydrogens (tertiary/aromatic N) is 2. The third-order valence-corrected chi connectivity index (χ3v) is 6.26. The number of carboxylic acids is 1. The lowest BCUT2D eigenvalue weighted by Gasteiger charge is -2.33. The van der Waals surface area contributed by atoms with Gasteiger partial charge >= 0.3 is 5.97 Å². The van der Waals surface area contributed by atoms with Crippen molar-refractivity contribution in [2.75, 3.05) is 4.90 Å². The lowest BCUT2D eigenvalue weighted by molar-refractivity contribution is -0.123. The first kappa shape index (κ1) is 20.9. The number of anilines is 1. The Morgan fingerprint density at radius 2 is 1.71 bits per heavy atom. The van der Waals surface area contributed by atoms with Crippen molar-refractivity contribution in [2.45, 2.75) is 52.5 Å². The van der Waals surface area contributed by atoms with Crippen LogP contribution in [0, 0.1) is 15.4 Å². The van der Waals surface area contributed by atoms with Crippen molar-refractivity contribution < 1.29 is 14.7 Å². The standard InChI is InChI=1S/C22H27IN2O3/c1-14(2)25(21(26)16-6-4-15(3)5-7-16)20-13-24(12-19(20)22(27)28)18-10-8-17(23)9-11-18/h8-16H,4-7H2,1-3H3,(H,27,28). The summed E-state index contributed by atoms with van der Waals surface area (Å²) in [6.45, 7) is 6.11. The van der Waals surface area contributed by atoms with Gasteiger partial charge in [-0.2, -0.15) is 0 Å². The van der Waals surface area contributed by atoms with E-state index in [2.05, 4.69) is 29.5 Å². The van der Waals surface area contributed by atoms with Crippen LogP contribution >= 0.6 is 22.6 Å². The molecule has 1 aromatic heterocycles. The van der Waals surface area contributed by atoms with Crippen LogP contribution in [0.25, 0.3) is 5.69 Å². The third kappa shape index (κ3) is 4.42. The second-order valence-corrected chi connectivity index (χ2v) is 9.25. The van der Waals surface area contributed by atoms with Crippen LogP contribution in [-0.4, -0.2) is 27.6 Å². The molecule has 2 aromatic rings. The van der Waals surface area contributed by atoms with E-state index >= 15 is 0 Å². The van der Waals surface area contributed by atoms with Gasteiger partial charge in [0.1, 0.15) is 5.56 Å². The highest BCUT2D eigenvalue weighted by atomic mass is 127. The van der Waals surface area contributed by atoms with Crippen molar-refractivity contribution in [1.29, 1.82) is 0 Å². The van der Waals surface area contributed by atoms with Crippen LogP contribution < -0.4 is 4.90 Å². The molecular weight excluding hydrogens is 467 g/mol. The van der Waals surface area contributed by atoms with E-state index in [1.165, 1.54) is 0 Å². The van der Waals surface area contributed by atoms with Crippen LogP contribution in [0.5, 0.6) is 0 Å². The highest BCUT2D eigenvalue weighted by Crippen LogP contribution is 2.33. The molecule has 6 heteroatoms. The molecule has 1 aliphatic rings. The van der Waals surface area contributed by atoms with E-state index in [9.17, 15) is 14.7 Å². The van der Waals surface area contributed by atoms with Crippen molar-refractivity contribution in [2.24, 2.45) is 11.8 Å². The van der Waals surface area contributed by atoms with E-state index < -0.39 is 5.97 Å². The number of carbonyl (C=O) groups is 2. The van der Waals surface area contributed by atoms with E-state index in [4.69, 9.17) is 0 Å². The van der Waals surface area contributed by atoms with Crippen molar-refractivity contribution >= 4 is 40.2 Å². The number of aromatic carboxylic acids is 1. The third-order valence-electron chi connectivity index (χ3n) is 5.54. The number of halogens is 1. The maximum absolute atomic E-state index is 13.3. The monoisotopic (exact) mass is 494 g/mol. The fraction of sp³-hybridized carbons (Fsp3) is 0.455. The smallest absolute Gasteiger partial charge is 0.339 e. The van der Waals surface area contributed by atoms with E-state index in [-0.39, 0.29) is 23.4 Å². The molecule has 1 saturated carbocycles. The van der Waals surface area contributed by atoms with Crippen molar-refractivity contribution in [1.82, 2.24) is 4.57 Å². The zero-order valence-electron chi connectivity index (χ0n) is 16.6. The van der Waals surface area contributed by atoms with Gasteiger partial charge in [0.15, 0.2) is 0 Å². The van der Waals surface area contributed by atoms with Gasteiger partial charge in [-0.25, -0.2) is 4.79 Å². The molecule has 0 unspecified atom stereocenters. The van der Waals surface area contributed by atoms with Crippen LogP contribution in [-0.2, 0) is 4.79 Å². The molecule has 0 aliphatic heterocycles. The number of rotatable bonds is 5. The molecule has 0 atom stereocenters. The summed E-state index contributed by atoms with van der Waals surface area (Å²) >= 11 is 2.24. The summed E-state index contributed by atoms with van der Waals surface area (Å²) in [5.41, 5.74) is 1.51. The van der Waals surface area contributed by atoms with E-state index in [0.29, 0.717) is 11.6 Å². The largest absolute Gasteiger partial charge is 0.478 e. The first-order chi connectivity index (χ1) is 13.3. The first-order valence-corrected chi connectivity index (χ1v) is 10.9. The van der Waals surface area contributed by atoms with Crippen LogP contribution in [0.3, 0.4) is 0 Å². The van der Waals surface area contributed by atoms with Gasteiger partial charge in [0, 0.05) is 33.6 Å². The quantitative estimate of drug-likeness (QED) is 0.571. The number of aromatic nitrogens is 1. The summed E-state index contributed by atoms with van der Waals surface area (Å²) in [6.07, 6.45) is 7.24. The second-order valence-electron chi connectivity index (χ2n) is 8.00. The number of hydrogen-bond donors (Lipinski definition) is 1. The molecule has 0 bridgehead atoms. The molecule has 1 heterocycles. The number of amides is 1. The predicted octanol–water partition coefficient (Wildman–Crippen LogP) is 5.35. The van der Waals surface area contributed by atoms with Crippen molar-refractivity contribution in [3.63, 3.8) is 0 Å². The number of carbonyl (C=O) groups excluding carboxylic acids is 1. The Morgan fingerprint density at radius 3 is 2.25 bits per heavy atom. The number of benzene rings is 1. The van der Waals surface area contributed by atoms with Gasteiger partial charge in [-0.1, -0.05) is 6.92 Å². The Hall–Kier alpha value is -1.83. The van der Waals surface area contributed by atoms with Gasteiger partial charge in [-0.05, 0) is 92.3 Å². The summed E-state index contributed by atoms with van der Waals surface area (Å²) in [7, 11) is 0. The molecule has 5 nitrogen and oxygen atoms in total. The van der Waals surface area contributed by atoms with Gasteiger partial charge in [0.25, 0.3) is 0 Å². The summed E-state index contributed by atoms with van der Waals surface area (Å²) < 4.78 is 2.90. The van der Waals surface area contributed by atoms with Gasteiger partial charge in [-0.15, -0.1) is 0 Å². The molecule has 0 spiro atoms. The topological polar surface area (TPSA) is 62.5 Å². The Kier molecular flexibility index (Phi) is 6.47. The Labute approximate surface area is 179 Å². The van der Waals surface area contributed by atoms with Crippen LogP contribution in [0.1, 0.15) is 56.8 Å². The lowest BCUT2D eigenvalue weighted by atomic mass is 9.82. The SMILES string of the molecule is CC1CCC(C(=O)N(c2cn(-c3ccc(I)cc3)cc2C(=O)O)C(C)C)CC1. The Balaban J connectivity index is 1.99. The Bertz CT molecular complexity index is 849. The molecule has 1 aliphatic carbocycles. The molecule has 0 saturated heterocycles. The lowest BCUT2D eigenvalue weighted by Crippen LogP contribution is -2.42. The van der Waals surface area contributed by atoms with Crippen molar-refractivity contribution in [3.8, 4) is 5.69 Å². The average Bonchev–Trinajstić information content (AvgIpc) is 3.07. The predicted molar refractivity (Wildman–Crippen MR) is 119 cm³/mol. The van der Waals surface area contributed by atoms with Gasteiger partial charge < -0.3 is 14.6 Å². The molecule has 1 N–H and O–H groups in total. The van der Waals surface area contributed by atoms with E-state index in [1.807, 2.05) is 38.1 Å². The average molecular weight is 494 g/mol. The maximum Gasteiger partial charge on any atom is 0.339 e. The van der Waals surface area contributed by atoms with Crippen LogP contribution in [0.2, 0.25) is 0 Å². The fourth-order valence-electron chi connectivity index (χ4n) is 3.92. The molecular formula is C22H27IN2O3. The van der Waals surface area contributed by atoms with E-state index in [0.717, 1.165) is 34.9 Å². The number of hydrogen-bond acceptors (Lipinski definition) is 2.